The van der Waals surface area contributed by atoms with Gasteiger partial charge in [-0.05, 0) is 24.3 Å². The third-order valence-electron chi connectivity index (χ3n) is 2.29. The molecule has 1 aromatic heterocycles. The molecule has 0 bridgehead atoms. The van der Waals surface area contributed by atoms with Crippen LogP contribution in [0.25, 0.3) is 5.69 Å². The van der Waals surface area contributed by atoms with Gasteiger partial charge in [0.2, 0.25) is 0 Å². The number of methoxy groups -OCH3 is 1. The van der Waals surface area contributed by atoms with E-state index in [2.05, 4.69) is 17.1 Å². The van der Waals surface area contributed by atoms with Gasteiger partial charge in [-0.3, -0.25) is 4.57 Å². The molecule has 0 saturated heterocycles. The Morgan fingerprint density at radius 1 is 1.25 bits per heavy atom. The lowest BCUT2D eigenvalue weighted by molar-refractivity contribution is 0.414. The minimum absolute atomic E-state index is 0. The summed E-state index contributed by atoms with van der Waals surface area (Å²) in [5, 5.41) is 7.93. The fourth-order valence-corrected chi connectivity index (χ4v) is 1.46. The van der Waals surface area contributed by atoms with E-state index < -0.39 is 0 Å². The van der Waals surface area contributed by atoms with Gasteiger partial charge in [-0.25, -0.2) is 0 Å². The van der Waals surface area contributed by atoms with Crippen LogP contribution in [0.15, 0.2) is 30.6 Å². The van der Waals surface area contributed by atoms with Gasteiger partial charge in [0, 0.05) is 12.1 Å². The zero-order chi connectivity index (χ0) is 10.7. The molecule has 0 amide bonds. The molecule has 2 aromatic rings. The molecule has 0 fully saturated rings. The summed E-state index contributed by atoms with van der Waals surface area (Å²) in [5.41, 5.74) is 1.05. The van der Waals surface area contributed by atoms with Crippen molar-refractivity contribution >= 4 is 12.4 Å². The molecular weight excluding hydrogens is 226 g/mol. The monoisotopic (exact) mass is 239 g/mol. The molecule has 0 aliphatic heterocycles. The Hall–Kier alpha value is -1.55. The van der Waals surface area contributed by atoms with E-state index in [9.17, 15) is 0 Å². The van der Waals surface area contributed by atoms with E-state index in [0.717, 1.165) is 23.7 Å². The number of ether oxygens (including phenoxy) is 1. The number of benzene rings is 1. The number of nitrogens with zero attached hydrogens (tertiary/aromatic N) is 3. The average molecular weight is 240 g/mol. The molecule has 0 aliphatic rings. The maximum atomic E-state index is 5.10. The molecule has 0 radical (unpaired) electrons. The first-order valence-corrected chi connectivity index (χ1v) is 4.88. The fourth-order valence-electron chi connectivity index (χ4n) is 1.46. The van der Waals surface area contributed by atoms with E-state index in [0.29, 0.717) is 0 Å². The van der Waals surface area contributed by atoms with Crippen molar-refractivity contribution in [1.82, 2.24) is 14.8 Å². The van der Waals surface area contributed by atoms with Crippen LogP contribution in [0.3, 0.4) is 0 Å². The van der Waals surface area contributed by atoms with E-state index in [4.69, 9.17) is 4.74 Å². The van der Waals surface area contributed by atoms with E-state index >= 15 is 0 Å². The van der Waals surface area contributed by atoms with Gasteiger partial charge in [-0.15, -0.1) is 22.6 Å². The van der Waals surface area contributed by atoms with Crippen molar-refractivity contribution in [3.8, 4) is 11.4 Å². The second-order valence-corrected chi connectivity index (χ2v) is 3.17. The third-order valence-corrected chi connectivity index (χ3v) is 2.29. The van der Waals surface area contributed by atoms with Crippen molar-refractivity contribution in [2.75, 3.05) is 7.11 Å². The first-order chi connectivity index (χ1) is 7.35. The molecule has 0 N–H and O–H groups in total. The van der Waals surface area contributed by atoms with Gasteiger partial charge >= 0.3 is 0 Å². The van der Waals surface area contributed by atoms with Gasteiger partial charge in [-0.1, -0.05) is 6.92 Å². The highest BCUT2D eigenvalue weighted by Gasteiger charge is 2.03. The van der Waals surface area contributed by atoms with Gasteiger partial charge < -0.3 is 4.74 Å². The molecule has 5 heteroatoms. The first kappa shape index (κ1) is 12.5. The van der Waals surface area contributed by atoms with Gasteiger partial charge in [0.25, 0.3) is 0 Å². The van der Waals surface area contributed by atoms with Crippen LogP contribution in [0.5, 0.6) is 5.75 Å². The lowest BCUT2D eigenvalue weighted by atomic mass is 10.3. The Morgan fingerprint density at radius 3 is 2.50 bits per heavy atom. The van der Waals surface area contributed by atoms with E-state index in [1.807, 2.05) is 28.8 Å². The fraction of sp³-hybridized carbons (Fsp3) is 0.273. The number of aryl methyl sites for hydroxylation is 1. The molecule has 4 nitrogen and oxygen atoms in total. The maximum Gasteiger partial charge on any atom is 0.137 e. The summed E-state index contributed by atoms with van der Waals surface area (Å²) >= 11 is 0. The zero-order valence-electron chi connectivity index (χ0n) is 9.25. The number of hydrogen-bond acceptors (Lipinski definition) is 3. The molecular formula is C11H14ClN3O. The number of rotatable bonds is 3. The molecule has 0 atom stereocenters. The Morgan fingerprint density at radius 2 is 1.94 bits per heavy atom. The largest absolute Gasteiger partial charge is 0.497 e. The predicted octanol–water partition coefficient (Wildman–Crippen LogP) is 2.26. The Kier molecular flexibility index (Phi) is 4.31. The van der Waals surface area contributed by atoms with Crippen LogP contribution < -0.4 is 4.74 Å². The smallest absolute Gasteiger partial charge is 0.137 e. The van der Waals surface area contributed by atoms with Crippen LogP contribution in [0, 0.1) is 0 Å². The molecule has 0 spiro atoms. The van der Waals surface area contributed by atoms with Crippen LogP contribution in [0.4, 0.5) is 0 Å². The Balaban J connectivity index is 0.00000128. The molecule has 0 aliphatic carbocycles. The second kappa shape index (κ2) is 5.51. The summed E-state index contributed by atoms with van der Waals surface area (Å²) in [4.78, 5) is 0. The van der Waals surface area contributed by atoms with Crippen LogP contribution in [-0.2, 0) is 6.42 Å². The summed E-state index contributed by atoms with van der Waals surface area (Å²) in [6.07, 6.45) is 2.59. The lowest BCUT2D eigenvalue weighted by Crippen LogP contribution is -1.98. The number of hydrogen-bond donors (Lipinski definition) is 0. The maximum absolute atomic E-state index is 5.10. The standard InChI is InChI=1S/C11H13N3O.ClH/c1-3-11-13-12-8-14(11)9-4-6-10(15-2)7-5-9;/h4-8H,3H2,1-2H3;1H. The molecule has 0 saturated carbocycles. The topological polar surface area (TPSA) is 39.9 Å². The zero-order valence-corrected chi connectivity index (χ0v) is 10.1. The van der Waals surface area contributed by atoms with Crippen LogP contribution in [-0.4, -0.2) is 21.9 Å². The highest BCUT2D eigenvalue weighted by molar-refractivity contribution is 5.85. The minimum Gasteiger partial charge on any atom is -0.497 e. The molecule has 16 heavy (non-hydrogen) atoms. The summed E-state index contributed by atoms with van der Waals surface area (Å²) in [6, 6.07) is 7.83. The highest BCUT2D eigenvalue weighted by Crippen LogP contribution is 2.15. The van der Waals surface area contributed by atoms with Crippen LogP contribution >= 0.6 is 12.4 Å². The molecule has 1 heterocycles. The van der Waals surface area contributed by atoms with E-state index in [1.165, 1.54) is 0 Å². The average Bonchev–Trinajstić information content (AvgIpc) is 2.77. The lowest BCUT2D eigenvalue weighted by Gasteiger charge is -2.05. The molecule has 1 aromatic carbocycles. The van der Waals surface area contributed by atoms with Crippen LogP contribution in [0.1, 0.15) is 12.7 Å². The first-order valence-electron chi connectivity index (χ1n) is 4.88. The van der Waals surface area contributed by atoms with E-state index in [1.54, 1.807) is 13.4 Å². The number of aromatic nitrogens is 3. The Bertz CT molecular complexity index is 439. The van der Waals surface area contributed by atoms with Gasteiger partial charge in [0.15, 0.2) is 0 Å². The summed E-state index contributed by atoms with van der Waals surface area (Å²) < 4.78 is 7.07. The van der Waals surface area contributed by atoms with Gasteiger partial charge in [0.05, 0.1) is 7.11 Å². The third kappa shape index (κ3) is 2.33. The van der Waals surface area contributed by atoms with Gasteiger partial charge in [-0.2, -0.15) is 0 Å². The second-order valence-electron chi connectivity index (χ2n) is 3.17. The summed E-state index contributed by atoms with van der Waals surface area (Å²) in [5.74, 6) is 1.81. The minimum atomic E-state index is 0. The van der Waals surface area contributed by atoms with Crippen molar-refractivity contribution in [2.45, 2.75) is 13.3 Å². The molecule has 0 unspecified atom stereocenters. The van der Waals surface area contributed by atoms with Crippen molar-refractivity contribution in [2.24, 2.45) is 0 Å². The van der Waals surface area contributed by atoms with Crippen molar-refractivity contribution in [3.63, 3.8) is 0 Å². The van der Waals surface area contributed by atoms with Crippen LogP contribution in [0.2, 0.25) is 0 Å². The predicted molar refractivity (Wildman–Crippen MR) is 64.5 cm³/mol. The molecule has 2 rings (SSSR count). The normalized spacial score (nSPS) is 9.62. The molecule has 86 valence electrons. The van der Waals surface area contributed by atoms with Crippen molar-refractivity contribution < 1.29 is 4.74 Å². The van der Waals surface area contributed by atoms with Crippen molar-refractivity contribution in [1.29, 1.82) is 0 Å². The van der Waals surface area contributed by atoms with Crippen molar-refractivity contribution in [3.05, 3.63) is 36.4 Å². The Labute approximate surface area is 101 Å². The summed E-state index contributed by atoms with van der Waals surface area (Å²) in [7, 11) is 1.66. The van der Waals surface area contributed by atoms with E-state index in [-0.39, 0.29) is 12.4 Å². The summed E-state index contributed by atoms with van der Waals surface area (Å²) in [6.45, 7) is 2.06. The quantitative estimate of drug-likeness (QED) is 0.825. The SMILES string of the molecule is CCc1nncn1-c1ccc(OC)cc1.Cl. The van der Waals surface area contributed by atoms with Gasteiger partial charge in [0.1, 0.15) is 17.9 Å². The highest BCUT2D eigenvalue weighted by atomic mass is 35.5. The number of halogens is 1.